The van der Waals surface area contributed by atoms with Crippen LogP contribution in [0.4, 0.5) is 10.5 Å². The predicted molar refractivity (Wildman–Crippen MR) is 60.2 cm³/mol. The van der Waals surface area contributed by atoms with Gasteiger partial charge < -0.3 is 15.8 Å². The zero-order chi connectivity index (χ0) is 12.1. The molecular formula is C11H12N2O3. The van der Waals surface area contributed by atoms with E-state index in [1.165, 1.54) is 0 Å². The first kappa shape index (κ1) is 11.8. The number of rotatable bonds is 3. The Morgan fingerprint density at radius 2 is 2.19 bits per heavy atom. The van der Waals surface area contributed by atoms with Crippen LogP contribution in [-0.4, -0.2) is 12.0 Å². The lowest BCUT2D eigenvalue weighted by atomic mass is 10.2. The number of aryl methyl sites for hydroxylation is 1. The van der Waals surface area contributed by atoms with Crippen molar-refractivity contribution in [3.8, 4) is 5.75 Å². The number of nitrogens with two attached hydrogens (primary N) is 1. The molecule has 0 saturated heterocycles. The van der Waals surface area contributed by atoms with E-state index in [4.69, 9.17) is 10.5 Å². The molecule has 0 bridgehead atoms. The normalized spacial score (nSPS) is 9.31. The highest BCUT2D eigenvalue weighted by Gasteiger charge is 2.10. The van der Waals surface area contributed by atoms with Crippen LogP contribution in [0.25, 0.3) is 0 Å². The van der Waals surface area contributed by atoms with Crippen molar-refractivity contribution in [3.05, 3.63) is 36.4 Å². The van der Waals surface area contributed by atoms with E-state index in [1.807, 2.05) is 0 Å². The Morgan fingerprint density at radius 3 is 2.75 bits per heavy atom. The summed E-state index contributed by atoms with van der Waals surface area (Å²) >= 11 is 0. The van der Waals surface area contributed by atoms with Crippen molar-refractivity contribution in [2.24, 2.45) is 5.73 Å². The van der Waals surface area contributed by atoms with Crippen LogP contribution in [0.5, 0.6) is 5.75 Å². The van der Waals surface area contributed by atoms with Crippen LogP contribution < -0.4 is 15.8 Å². The summed E-state index contributed by atoms with van der Waals surface area (Å²) in [6.07, 6.45) is 1.04. The fourth-order valence-corrected chi connectivity index (χ4v) is 1.16. The molecule has 1 aromatic carbocycles. The van der Waals surface area contributed by atoms with Gasteiger partial charge in [0, 0.05) is 6.08 Å². The van der Waals surface area contributed by atoms with Gasteiger partial charge in [0.1, 0.15) is 0 Å². The van der Waals surface area contributed by atoms with Crippen molar-refractivity contribution in [2.75, 3.05) is 5.32 Å². The van der Waals surface area contributed by atoms with Crippen molar-refractivity contribution < 1.29 is 14.3 Å². The Labute approximate surface area is 92.9 Å². The molecule has 0 aliphatic carbocycles. The summed E-state index contributed by atoms with van der Waals surface area (Å²) in [5, 5.41) is 2.40. The fourth-order valence-electron chi connectivity index (χ4n) is 1.16. The lowest BCUT2D eigenvalue weighted by Crippen LogP contribution is -2.21. The van der Waals surface area contributed by atoms with Gasteiger partial charge in [-0.25, -0.2) is 9.59 Å². The molecule has 0 unspecified atom stereocenters. The molecule has 0 aromatic heterocycles. The van der Waals surface area contributed by atoms with Gasteiger partial charge in [-0.2, -0.15) is 0 Å². The summed E-state index contributed by atoms with van der Waals surface area (Å²) in [5.74, 6) is -0.359. The van der Waals surface area contributed by atoms with Crippen LogP contribution in [0.15, 0.2) is 30.9 Å². The van der Waals surface area contributed by atoms with Crippen LogP contribution in [-0.2, 0) is 4.79 Å². The Kier molecular flexibility index (Phi) is 3.66. The summed E-state index contributed by atoms with van der Waals surface area (Å²) in [6, 6.07) is 4.30. The first-order valence-electron chi connectivity index (χ1n) is 4.55. The Hall–Kier alpha value is -2.30. The minimum atomic E-state index is -0.717. The lowest BCUT2D eigenvalue weighted by molar-refractivity contribution is -0.128. The average Bonchev–Trinajstić information content (AvgIpc) is 2.22. The van der Waals surface area contributed by atoms with Crippen LogP contribution in [0, 0.1) is 6.92 Å². The number of amides is 2. The van der Waals surface area contributed by atoms with Crippen LogP contribution in [0.1, 0.15) is 5.56 Å². The van der Waals surface area contributed by atoms with Gasteiger partial charge in [0.25, 0.3) is 0 Å². The van der Waals surface area contributed by atoms with Gasteiger partial charge in [-0.3, -0.25) is 0 Å². The number of urea groups is 1. The second-order valence-electron chi connectivity index (χ2n) is 3.06. The molecule has 2 amide bonds. The van der Waals surface area contributed by atoms with E-state index in [0.29, 0.717) is 5.69 Å². The number of primary amides is 1. The molecule has 5 heteroatoms. The molecule has 0 atom stereocenters. The molecule has 0 aliphatic rings. The molecule has 3 N–H and O–H groups in total. The smallest absolute Gasteiger partial charge is 0.335 e. The predicted octanol–water partition coefficient (Wildman–Crippen LogP) is 1.58. The summed E-state index contributed by atoms with van der Waals surface area (Å²) in [6.45, 7) is 5.04. The minimum Gasteiger partial charge on any atom is -0.421 e. The third-order valence-electron chi connectivity index (χ3n) is 1.86. The van der Waals surface area contributed by atoms with Gasteiger partial charge in [0.05, 0.1) is 5.69 Å². The summed E-state index contributed by atoms with van der Waals surface area (Å²) in [5.41, 5.74) is 6.14. The highest BCUT2D eigenvalue weighted by atomic mass is 16.5. The maximum atomic E-state index is 11.0. The average molecular weight is 220 g/mol. The van der Waals surface area contributed by atoms with Gasteiger partial charge in [-0.15, -0.1) is 0 Å². The standard InChI is InChI=1S/C11H12N2O3/c1-3-9(14)16-8-6-4-5-7(2)10(8)13-11(12)15/h3-6H,1H2,2H3,(H3,12,13,15). The molecule has 16 heavy (non-hydrogen) atoms. The zero-order valence-corrected chi connectivity index (χ0v) is 8.82. The fraction of sp³-hybridized carbons (Fsp3) is 0.0909. The number of para-hydroxylation sites is 1. The maximum absolute atomic E-state index is 11.0. The Bertz CT molecular complexity index is 441. The Morgan fingerprint density at radius 1 is 1.50 bits per heavy atom. The molecule has 0 fully saturated rings. The van der Waals surface area contributed by atoms with E-state index < -0.39 is 12.0 Å². The number of esters is 1. The van der Waals surface area contributed by atoms with Gasteiger partial charge in [0.15, 0.2) is 5.75 Å². The number of anilines is 1. The largest absolute Gasteiger partial charge is 0.421 e. The van der Waals surface area contributed by atoms with E-state index >= 15 is 0 Å². The molecular weight excluding hydrogens is 208 g/mol. The molecule has 1 rings (SSSR count). The van der Waals surface area contributed by atoms with Crippen LogP contribution in [0.2, 0.25) is 0 Å². The first-order chi connectivity index (χ1) is 7.54. The van der Waals surface area contributed by atoms with Crippen molar-refractivity contribution in [1.29, 1.82) is 0 Å². The zero-order valence-electron chi connectivity index (χ0n) is 8.82. The third kappa shape index (κ3) is 2.84. The molecule has 84 valence electrons. The first-order valence-corrected chi connectivity index (χ1v) is 4.55. The molecule has 0 spiro atoms. The second-order valence-corrected chi connectivity index (χ2v) is 3.06. The van der Waals surface area contributed by atoms with Crippen LogP contribution in [0.3, 0.4) is 0 Å². The van der Waals surface area contributed by atoms with Crippen molar-refractivity contribution in [2.45, 2.75) is 6.92 Å². The van der Waals surface area contributed by atoms with Crippen LogP contribution >= 0.6 is 0 Å². The summed E-state index contributed by atoms with van der Waals surface area (Å²) in [7, 11) is 0. The SMILES string of the molecule is C=CC(=O)Oc1cccc(C)c1NC(N)=O. The van der Waals surface area contributed by atoms with E-state index in [2.05, 4.69) is 11.9 Å². The van der Waals surface area contributed by atoms with Gasteiger partial charge >= 0.3 is 12.0 Å². The third-order valence-corrected chi connectivity index (χ3v) is 1.86. The van der Waals surface area contributed by atoms with E-state index in [9.17, 15) is 9.59 Å². The van der Waals surface area contributed by atoms with Crippen molar-refractivity contribution in [1.82, 2.24) is 0 Å². The minimum absolute atomic E-state index is 0.240. The Balaban J connectivity index is 3.06. The molecule has 0 saturated carbocycles. The highest BCUT2D eigenvalue weighted by molar-refractivity contribution is 5.92. The number of ether oxygens (including phenoxy) is 1. The number of carbonyl (C=O) groups excluding carboxylic acids is 2. The second kappa shape index (κ2) is 4.97. The monoisotopic (exact) mass is 220 g/mol. The van der Waals surface area contributed by atoms with Gasteiger partial charge in [-0.1, -0.05) is 18.7 Å². The van der Waals surface area contributed by atoms with Gasteiger partial charge in [-0.05, 0) is 18.6 Å². The molecule has 1 aromatic rings. The summed E-state index contributed by atoms with van der Waals surface area (Å²) in [4.78, 5) is 21.8. The van der Waals surface area contributed by atoms with E-state index in [1.54, 1.807) is 25.1 Å². The van der Waals surface area contributed by atoms with Crippen molar-refractivity contribution >= 4 is 17.7 Å². The number of carbonyl (C=O) groups is 2. The molecule has 0 heterocycles. The highest BCUT2D eigenvalue weighted by Crippen LogP contribution is 2.27. The number of nitrogens with one attached hydrogen (secondary N) is 1. The number of benzene rings is 1. The molecule has 0 radical (unpaired) electrons. The molecule has 0 aliphatic heterocycles. The number of hydrogen-bond acceptors (Lipinski definition) is 3. The van der Waals surface area contributed by atoms with E-state index in [-0.39, 0.29) is 5.75 Å². The van der Waals surface area contributed by atoms with E-state index in [0.717, 1.165) is 11.6 Å². The maximum Gasteiger partial charge on any atom is 0.335 e. The van der Waals surface area contributed by atoms with Crippen molar-refractivity contribution in [3.63, 3.8) is 0 Å². The summed E-state index contributed by atoms with van der Waals surface area (Å²) < 4.78 is 4.95. The topological polar surface area (TPSA) is 81.4 Å². The quantitative estimate of drug-likeness (QED) is 0.461. The number of hydrogen-bond donors (Lipinski definition) is 2. The lowest BCUT2D eigenvalue weighted by Gasteiger charge is -2.11. The molecule has 5 nitrogen and oxygen atoms in total. The van der Waals surface area contributed by atoms with Gasteiger partial charge in [0.2, 0.25) is 0 Å².